The van der Waals surface area contributed by atoms with Gasteiger partial charge in [-0.3, -0.25) is 29.5 Å². The highest BCUT2D eigenvalue weighted by Gasteiger charge is 2.20. The molecule has 0 unspecified atom stereocenters. The zero-order chi connectivity index (χ0) is 28.1. The molecule has 0 spiro atoms. The number of aromatic nitrogens is 3. The van der Waals surface area contributed by atoms with E-state index >= 15 is 0 Å². The van der Waals surface area contributed by atoms with Gasteiger partial charge in [-0.25, -0.2) is 0 Å². The van der Waals surface area contributed by atoms with Crippen LogP contribution in [0.4, 0.5) is 17.1 Å². The summed E-state index contributed by atoms with van der Waals surface area (Å²) in [4.78, 5) is 52.9. The molecule has 39 heavy (non-hydrogen) atoms. The monoisotopic (exact) mass is 538 g/mol. The number of amides is 3. The summed E-state index contributed by atoms with van der Waals surface area (Å²) in [6, 6.07) is 4.23. The number of guanidine groups is 1. The van der Waals surface area contributed by atoms with Crippen molar-refractivity contribution < 1.29 is 19.3 Å². The van der Waals surface area contributed by atoms with Gasteiger partial charge in [-0.15, -0.1) is 0 Å². The van der Waals surface area contributed by atoms with Crippen molar-refractivity contribution in [3.8, 4) is 0 Å². The lowest BCUT2D eigenvalue weighted by atomic mass is 10.3. The molecule has 1 aliphatic rings. The molecule has 0 radical (unpaired) electrons. The van der Waals surface area contributed by atoms with Crippen molar-refractivity contribution in [2.45, 2.75) is 6.42 Å². The Bertz CT molecular complexity index is 1450. The summed E-state index contributed by atoms with van der Waals surface area (Å²) in [5, 5.41) is 25.5. The minimum absolute atomic E-state index is 0.0989. The van der Waals surface area contributed by atoms with Crippen LogP contribution in [0.2, 0.25) is 0 Å². The lowest BCUT2D eigenvalue weighted by Crippen LogP contribution is -2.43. The number of hydrogen-bond acceptors (Lipinski definition) is 8. The molecule has 5 N–H and O–H groups in total. The fourth-order valence-electron chi connectivity index (χ4n) is 4.08. The number of carbonyl (C=O) groups is 3. The van der Waals surface area contributed by atoms with Gasteiger partial charge in [-0.05, 0) is 18.6 Å². The van der Waals surface area contributed by atoms with Crippen molar-refractivity contribution in [1.82, 2.24) is 29.7 Å². The average Bonchev–Trinajstić information content (AvgIpc) is 3.58. The van der Waals surface area contributed by atoms with Crippen LogP contribution in [0, 0.1) is 10.1 Å². The first-order chi connectivity index (χ1) is 18.6. The SMILES string of the molecule is Cn1cc(NC(=O)c2cc(NC(=O)c3cc([N+](=O)[O-])cn3C)cn2C)cc1C(=O)NCCNC1=NCCCN1. The molecule has 3 aromatic rings. The van der Waals surface area contributed by atoms with Crippen molar-refractivity contribution in [2.75, 3.05) is 36.8 Å². The van der Waals surface area contributed by atoms with Gasteiger partial charge >= 0.3 is 0 Å². The van der Waals surface area contributed by atoms with Crippen LogP contribution in [0.25, 0.3) is 0 Å². The topological polar surface area (TPSA) is 182 Å². The number of hydrogen-bond donors (Lipinski definition) is 5. The van der Waals surface area contributed by atoms with E-state index < -0.39 is 16.7 Å². The molecule has 4 rings (SSSR count). The molecule has 0 atom stereocenters. The zero-order valence-electron chi connectivity index (χ0n) is 21.8. The second kappa shape index (κ2) is 11.5. The van der Waals surface area contributed by atoms with E-state index in [4.69, 9.17) is 0 Å². The molecule has 1 aliphatic heterocycles. The summed E-state index contributed by atoms with van der Waals surface area (Å²) < 4.78 is 4.50. The lowest BCUT2D eigenvalue weighted by Gasteiger charge is -2.16. The van der Waals surface area contributed by atoms with Crippen molar-refractivity contribution in [3.63, 3.8) is 0 Å². The van der Waals surface area contributed by atoms with Gasteiger partial charge < -0.3 is 40.3 Å². The molecule has 206 valence electrons. The molecular weight excluding hydrogens is 508 g/mol. The predicted octanol–water partition coefficient (Wildman–Crippen LogP) is 0.784. The summed E-state index contributed by atoms with van der Waals surface area (Å²) in [6.07, 6.45) is 5.42. The fraction of sp³-hybridized carbons (Fsp3) is 0.333. The number of aliphatic imine (C=N–C) groups is 1. The van der Waals surface area contributed by atoms with Gasteiger partial charge in [0.25, 0.3) is 23.4 Å². The van der Waals surface area contributed by atoms with Crippen molar-refractivity contribution in [1.29, 1.82) is 0 Å². The van der Waals surface area contributed by atoms with E-state index in [0.29, 0.717) is 30.2 Å². The maximum Gasteiger partial charge on any atom is 0.287 e. The highest BCUT2D eigenvalue weighted by Crippen LogP contribution is 2.20. The number of nitro groups is 1. The summed E-state index contributed by atoms with van der Waals surface area (Å²) in [7, 11) is 4.87. The highest BCUT2D eigenvalue weighted by atomic mass is 16.6. The quantitative estimate of drug-likeness (QED) is 0.152. The Kier molecular flexibility index (Phi) is 7.98. The highest BCUT2D eigenvalue weighted by molar-refractivity contribution is 6.07. The number of rotatable bonds is 9. The first kappa shape index (κ1) is 27.0. The van der Waals surface area contributed by atoms with E-state index in [1.165, 1.54) is 34.5 Å². The minimum atomic E-state index is -0.580. The van der Waals surface area contributed by atoms with Crippen molar-refractivity contribution in [3.05, 3.63) is 64.0 Å². The maximum atomic E-state index is 12.9. The van der Waals surface area contributed by atoms with Gasteiger partial charge in [0.1, 0.15) is 17.1 Å². The van der Waals surface area contributed by atoms with E-state index in [9.17, 15) is 24.5 Å². The van der Waals surface area contributed by atoms with Crippen LogP contribution < -0.4 is 26.6 Å². The molecule has 0 bridgehead atoms. The van der Waals surface area contributed by atoms with Crippen LogP contribution in [0.15, 0.2) is 41.8 Å². The summed E-state index contributed by atoms with van der Waals surface area (Å²) in [5.74, 6) is -0.565. The molecule has 0 aliphatic carbocycles. The zero-order valence-corrected chi connectivity index (χ0v) is 21.8. The van der Waals surface area contributed by atoms with Gasteiger partial charge in [-0.2, -0.15) is 0 Å². The third kappa shape index (κ3) is 6.44. The smallest absolute Gasteiger partial charge is 0.287 e. The fourth-order valence-corrected chi connectivity index (χ4v) is 4.08. The standard InChI is InChI=1S/C24H30N10O5/c1-31-12-15(9-18(31)21(35)25-7-8-28-24-26-5-4-6-27-24)29-22(36)19-10-16(13-32(19)2)30-23(37)20-11-17(34(38)39)14-33(20)3/h9-14H,4-8H2,1-3H3,(H,25,35)(H,29,36)(H,30,37)(H2,26,27,28). The van der Waals surface area contributed by atoms with E-state index in [2.05, 4.69) is 31.6 Å². The Morgan fingerprint density at radius 3 is 2.00 bits per heavy atom. The Morgan fingerprint density at radius 2 is 1.46 bits per heavy atom. The third-order valence-electron chi connectivity index (χ3n) is 6.03. The third-order valence-corrected chi connectivity index (χ3v) is 6.03. The largest absolute Gasteiger partial charge is 0.356 e. The number of nitrogens with one attached hydrogen (secondary N) is 5. The van der Waals surface area contributed by atoms with Crippen LogP contribution in [-0.2, 0) is 21.1 Å². The summed E-state index contributed by atoms with van der Waals surface area (Å²) >= 11 is 0. The van der Waals surface area contributed by atoms with Crippen LogP contribution in [-0.4, -0.2) is 68.5 Å². The Morgan fingerprint density at radius 1 is 0.897 bits per heavy atom. The lowest BCUT2D eigenvalue weighted by molar-refractivity contribution is -0.384. The predicted molar refractivity (Wildman–Crippen MR) is 144 cm³/mol. The van der Waals surface area contributed by atoms with Gasteiger partial charge in [0.05, 0.1) is 22.5 Å². The van der Waals surface area contributed by atoms with Crippen molar-refractivity contribution >= 4 is 40.7 Å². The van der Waals surface area contributed by atoms with Crippen LogP contribution in [0.3, 0.4) is 0 Å². The molecule has 15 heteroatoms. The van der Waals surface area contributed by atoms with Crippen LogP contribution in [0.1, 0.15) is 37.9 Å². The number of carbonyl (C=O) groups excluding carboxylic acids is 3. The molecule has 0 saturated heterocycles. The molecule has 15 nitrogen and oxygen atoms in total. The van der Waals surface area contributed by atoms with E-state index in [1.807, 2.05) is 0 Å². The molecule has 3 aromatic heterocycles. The van der Waals surface area contributed by atoms with Crippen molar-refractivity contribution in [2.24, 2.45) is 26.1 Å². The molecule has 0 fully saturated rings. The minimum Gasteiger partial charge on any atom is -0.356 e. The van der Waals surface area contributed by atoms with E-state index in [-0.39, 0.29) is 23.0 Å². The first-order valence-electron chi connectivity index (χ1n) is 12.2. The summed E-state index contributed by atoms with van der Waals surface area (Å²) in [5.41, 5.74) is 1.29. The van der Waals surface area contributed by atoms with Crippen LogP contribution in [0.5, 0.6) is 0 Å². The molecular formula is C24H30N10O5. The van der Waals surface area contributed by atoms with E-state index in [0.717, 1.165) is 25.5 Å². The normalized spacial score (nSPS) is 12.7. The second-order valence-corrected chi connectivity index (χ2v) is 9.00. The molecule has 0 aromatic carbocycles. The Labute approximate surface area is 223 Å². The van der Waals surface area contributed by atoms with Crippen LogP contribution >= 0.6 is 0 Å². The first-order valence-corrected chi connectivity index (χ1v) is 12.2. The molecule has 4 heterocycles. The summed E-state index contributed by atoms with van der Waals surface area (Å²) in [6.45, 7) is 2.55. The van der Waals surface area contributed by atoms with Gasteiger partial charge in [-0.1, -0.05) is 0 Å². The number of anilines is 2. The van der Waals surface area contributed by atoms with Gasteiger partial charge in [0, 0.05) is 65.8 Å². The van der Waals surface area contributed by atoms with Gasteiger partial charge in [0.15, 0.2) is 5.96 Å². The Hall–Kier alpha value is -5.08. The number of nitrogens with zero attached hydrogens (tertiary/aromatic N) is 5. The second-order valence-electron chi connectivity index (χ2n) is 9.00. The molecule has 3 amide bonds. The molecule has 0 saturated carbocycles. The van der Waals surface area contributed by atoms with Gasteiger partial charge in [0.2, 0.25) is 0 Å². The maximum absolute atomic E-state index is 12.9. The average molecular weight is 539 g/mol. The number of aryl methyl sites for hydroxylation is 3. The Balaban J connectivity index is 1.33. The van der Waals surface area contributed by atoms with E-state index in [1.54, 1.807) is 37.1 Å².